The first-order valence-electron chi connectivity index (χ1n) is 6.18. The van der Waals surface area contributed by atoms with Gasteiger partial charge in [-0.3, -0.25) is 14.4 Å². The Balaban J connectivity index is 3.01. The van der Waals surface area contributed by atoms with E-state index < -0.39 is 18.4 Å². The number of carboxylic acids is 1. The summed E-state index contributed by atoms with van der Waals surface area (Å²) in [6.45, 7) is 3.56. The second-order valence-corrected chi connectivity index (χ2v) is 4.14. The second-order valence-electron chi connectivity index (χ2n) is 4.14. The third-order valence-electron chi connectivity index (χ3n) is 2.56. The molecule has 0 aliphatic rings. The molecule has 0 bridgehead atoms. The first kappa shape index (κ1) is 16.6. The fourth-order valence-corrected chi connectivity index (χ4v) is 1.60. The first-order chi connectivity index (χ1) is 9.99. The van der Waals surface area contributed by atoms with Crippen LogP contribution in [0.1, 0.15) is 10.5 Å². The van der Waals surface area contributed by atoms with Gasteiger partial charge in [-0.1, -0.05) is 6.08 Å². The number of carbonyl (C=O) groups is 2. The average Bonchev–Trinajstić information content (AvgIpc) is 2.45. The number of aromatic nitrogens is 2. The van der Waals surface area contributed by atoms with Gasteiger partial charge in [0.15, 0.2) is 0 Å². The number of hydrogen-bond donors (Lipinski definition) is 1. The van der Waals surface area contributed by atoms with Crippen molar-refractivity contribution >= 4 is 11.9 Å². The summed E-state index contributed by atoms with van der Waals surface area (Å²) in [7, 11) is 1.48. The molecule has 0 aliphatic carbocycles. The molecule has 0 aromatic carbocycles. The molecule has 0 aliphatic heterocycles. The van der Waals surface area contributed by atoms with Crippen LogP contribution in [0.2, 0.25) is 0 Å². The molecule has 1 N–H and O–H groups in total. The highest BCUT2D eigenvalue weighted by Gasteiger charge is 2.19. The number of nitrogens with zero attached hydrogens (tertiary/aromatic N) is 3. The van der Waals surface area contributed by atoms with E-state index in [1.165, 1.54) is 25.3 Å². The van der Waals surface area contributed by atoms with Gasteiger partial charge in [-0.2, -0.15) is 5.10 Å². The lowest BCUT2D eigenvalue weighted by atomic mass is 10.3. The van der Waals surface area contributed by atoms with E-state index >= 15 is 0 Å². The molecule has 0 saturated carbocycles. The van der Waals surface area contributed by atoms with Gasteiger partial charge in [0.2, 0.25) is 0 Å². The highest BCUT2D eigenvalue weighted by Crippen LogP contribution is 2.00. The summed E-state index contributed by atoms with van der Waals surface area (Å²) in [6, 6.07) is 2.48. The van der Waals surface area contributed by atoms with E-state index in [0.717, 1.165) is 9.58 Å². The lowest BCUT2D eigenvalue weighted by Gasteiger charge is -2.18. The molecular weight excluding hydrogens is 278 g/mol. The monoisotopic (exact) mass is 295 g/mol. The molecule has 1 rings (SSSR count). The largest absolute Gasteiger partial charge is 0.480 e. The molecule has 1 aromatic heterocycles. The van der Waals surface area contributed by atoms with Crippen molar-refractivity contribution in [3.63, 3.8) is 0 Å². The van der Waals surface area contributed by atoms with E-state index in [1.807, 2.05) is 0 Å². The van der Waals surface area contributed by atoms with Gasteiger partial charge in [-0.05, 0) is 6.07 Å². The quantitative estimate of drug-likeness (QED) is 0.655. The number of hydrogen-bond acceptors (Lipinski definition) is 5. The summed E-state index contributed by atoms with van der Waals surface area (Å²) in [6.07, 6.45) is 1.42. The van der Waals surface area contributed by atoms with E-state index in [2.05, 4.69) is 11.7 Å². The fourth-order valence-electron chi connectivity index (χ4n) is 1.60. The molecule has 1 aromatic rings. The summed E-state index contributed by atoms with van der Waals surface area (Å²) in [5.41, 5.74) is -0.370. The number of carboxylic acid groups (broad SMARTS) is 1. The molecular formula is C13H17N3O5. The lowest BCUT2D eigenvalue weighted by molar-refractivity contribution is -0.137. The molecule has 0 unspecified atom stereocenters. The summed E-state index contributed by atoms with van der Waals surface area (Å²) >= 11 is 0. The van der Waals surface area contributed by atoms with Crippen LogP contribution >= 0.6 is 0 Å². The maximum Gasteiger partial charge on any atom is 0.323 e. The Morgan fingerprint density at radius 2 is 2.24 bits per heavy atom. The van der Waals surface area contributed by atoms with Gasteiger partial charge in [0.25, 0.3) is 11.5 Å². The topological polar surface area (TPSA) is 102 Å². The molecule has 0 spiro atoms. The number of carbonyl (C=O) groups excluding carboxylic acids is 1. The van der Waals surface area contributed by atoms with E-state index in [1.54, 1.807) is 0 Å². The highest BCUT2D eigenvalue weighted by atomic mass is 16.5. The van der Waals surface area contributed by atoms with E-state index in [4.69, 9.17) is 9.84 Å². The zero-order chi connectivity index (χ0) is 15.8. The summed E-state index contributed by atoms with van der Waals surface area (Å²) < 4.78 is 5.95. The minimum atomic E-state index is -1.14. The average molecular weight is 295 g/mol. The van der Waals surface area contributed by atoms with Crippen molar-refractivity contribution in [3.8, 4) is 0 Å². The molecule has 8 heteroatoms. The molecule has 114 valence electrons. The third-order valence-corrected chi connectivity index (χ3v) is 2.56. The van der Waals surface area contributed by atoms with Gasteiger partial charge in [0.1, 0.15) is 12.2 Å². The smallest absolute Gasteiger partial charge is 0.323 e. The zero-order valence-electron chi connectivity index (χ0n) is 11.7. The standard InChI is InChI=1S/C13H17N3O5/c1-3-6-15(9-12(18)19)13(20)10-4-5-11(17)16(14-10)7-8-21-2/h3-5H,1,6-9H2,2H3,(H,18,19). The Hall–Kier alpha value is -2.48. The summed E-state index contributed by atoms with van der Waals surface area (Å²) in [4.78, 5) is 35.6. The van der Waals surface area contributed by atoms with Crippen LogP contribution < -0.4 is 5.56 Å². The van der Waals surface area contributed by atoms with Crippen molar-refractivity contribution in [3.05, 3.63) is 40.8 Å². The second kappa shape index (κ2) is 7.95. The normalized spacial score (nSPS) is 10.1. The molecule has 1 heterocycles. The Bertz CT molecular complexity index is 581. The highest BCUT2D eigenvalue weighted by molar-refractivity contribution is 5.94. The van der Waals surface area contributed by atoms with Crippen molar-refractivity contribution in [1.82, 2.24) is 14.7 Å². The van der Waals surface area contributed by atoms with E-state index in [-0.39, 0.29) is 30.9 Å². The van der Waals surface area contributed by atoms with Crippen molar-refractivity contribution < 1.29 is 19.4 Å². The van der Waals surface area contributed by atoms with Crippen LogP contribution in [-0.2, 0) is 16.1 Å². The Morgan fingerprint density at radius 3 is 2.81 bits per heavy atom. The molecule has 8 nitrogen and oxygen atoms in total. The molecule has 21 heavy (non-hydrogen) atoms. The Labute approximate surface area is 121 Å². The van der Waals surface area contributed by atoms with Crippen molar-refractivity contribution in [2.45, 2.75) is 6.54 Å². The van der Waals surface area contributed by atoms with Crippen LogP contribution in [0, 0.1) is 0 Å². The van der Waals surface area contributed by atoms with E-state index in [0.29, 0.717) is 0 Å². The molecule has 1 amide bonds. The van der Waals surface area contributed by atoms with Gasteiger partial charge in [-0.25, -0.2) is 4.68 Å². The van der Waals surface area contributed by atoms with Gasteiger partial charge in [0.05, 0.1) is 13.2 Å². The molecule has 0 fully saturated rings. The van der Waals surface area contributed by atoms with Crippen LogP contribution in [0.5, 0.6) is 0 Å². The van der Waals surface area contributed by atoms with Crippen molar-refractivity contribution in [2.24, 2.45) is 0 Å². The van der Waals surface area contributed by atoms with Gasteiger partial charge < -0.3 is 14.7 Å². The van der Waals surface area contributed by atoms with Crippen molar-refractivity contribution in [2.75, 3.05) is 26.8 Å². The predicted molar refractivity (Wildman–Crippen MR) is 74.1 cm³/mol. The number of aliphatic carboxylic acids is 1. The lowest BCUT2D eigenvalue weighted by Crippen LogP contribution is -2.37. The number of methoxy groups -OCH3 is 1. The van der Waals surface area contributed by atoms with Gasteiger partial charge in [0, 0.05) is 19.7 Å². The van der Waals surface area contributed by atoms with Gasteiger partial charge in [-0.15, -0.1) is 6.58 Å². The maximum absolute atomic E-state index is 12.2. The zero-order valence-corrected chi connectivity index (χ0v) is 11.7. The Kier molecular flexibility index (Phi) is 6.28. The van der Waals surface area contributed by atoms with Crippen LogP contribution in [0.3, 0.4) is 0 Å². The summed E-state index contributed by atoms with van der Waals surface area (Å²) in [5.74, 6) is -1.72. The van der Waals surface area contributed by atoms with Crippen LogP contribution in [0.25, 0.3) is 0 Å². The first-order valence-corrected chi connectivity index (χ1v) is 6.18. The number of rotatable bonds is 8. The fraction of sp³-hybridized carbons (Fsp3) is 0.385. The number of amides is 1. The SMILES string of the molecule is C=CCN(CC(=O)O)C(=O)c1ccc(=O)n(CCOC)n1. The minimum absolute atomic E-state index is 0.00574. The molecule has 0 atom stereocenters. The summed E-state index contributed by atoms with van der Waals surface area (Å²) in [5, 5.41) is 12.7. The predicted octanol–water partition coefficient (Wildman–Crippen LogP) is -0.397. The maximum atomic E-state index is 12.2. The number of ether oxygens (including phenoxy) is 1. The third kappa shape index (κ3) is 4.84. The van der Waals surface area contributed by atoms with Crippen LogP contribution in [0.4, 0.5) is 0 Å². The molecule has 0 radical (unpaired) electrons. The molecule has 0 saturated heterocycles. The van der Waals surface area contributed by atoms with Crippen LogP contribution in [-0.4, -0.2) is 58.5 Å². The minimum Gasteiger partial charge on any atom is -0.480 e. The van der Waals surface area contributed by atoms with Crippen molar-refractivity contribution in [1.29, 1.82) is 0 Å². The Morgan fingerprint density at radius 1 is 1.52 bits per heavy atom. The van der Waals surface area contributed by atoms with Crippen LogP contribution in [0.15, 0.2) is 29.6 Å². The van der Waals surface area contributed by atoms with Gasteiger partial charge >= 0.3 is 5.97 Å². The van der Waals surface area contributed by atoms with E-state index in [9.17, 15) is 14.4 Å².